The van der Waals surface area contributed by atoms with Crippen LogP contribution in [0.4, 0.5) is 5.69 Å². The molecule has 2 fully saturated rings. The lowest BCUT2D eigenvalue weighted by Gasteiger charge is -2.30. The van der Waals surface area contributed by atoms with Crippen LogP contribution in [0, 0.1) is 5.92 Å². The van der Waals surface area contributed by atoms with Crippen molar-refractivity contribution in [3.8, 4) is 0 Å². The fourth-order valence-electron chi connectivity index (χ4n) is 3.99. The van der Waals surface area contributed by atoms with Crippen LogP contribution in [0.3, 0.4) is 0 Å². The Kier molecular flexibility index (Phi) is 5.18. The van der Waals surface area contributed by atoms with Gasteiger partial charge >= 0.3 is 0 Å². The van der Waals surface area contributed by atoms with Crippen molar-refractivity contribution in [2.75, 3.05) is 18.4 Å². The fraction of sp³-hybridized carbons (Fsp3) is 0.684. The Hall–Kier alpha value is -1.02. The van der Waals surface area contributed by atoms with Crippen LogP contribution in [0.25, 0.3) is 0 Å². The number of hydrogen-bond acceptors (Lipinski definition) is 2. The highest BCUT2D eigenvalue weighted by atomic mass is 15.1. The van der Waals surface area contributed by atoms with E-state index >= 15 is 0 Å². The highest BCUT2D eigenvalue weighted by Gasteiger charge is 2.20. The van der Waals surface area contributed by atoms with Crippen molar-refractivity contribution >= 4 is 5.69 Å². The molecule has 2 atom stereocenters. The van der Waals surface area contributed by atoms with Crippen molar-refractivity contribution < 1.29 is 0 Å². The summed E-state index contributed by atoms with van der Waals surface area (Å²) in [6.07, 6.45) is 9.61. The molecule has 2 unspecified atom stereocenters. The largest absolute Gasteiger partial charge is 0.382 e. The summed E-state index contributed by atoms with van der Waals surface area (Å²) >= 11 is 0. The van der Waals surface area contributed by atoms with E-state index in [9.17, 15) is 0 Å². The number of hydrogen-bond donors (Lipinski definition) is 1. The Bertz CT molecular complexity index is 437. The summed E-state index contributed by atoms with van der Waals surface area (Å²) in [7, 11) is 0. The molecule has 2 aliphatic rings. The first-order valence-electron chi connectivity index (χ1n) is 8.91. The molecule has 1 heterocycles. The lowest BCUT2D eigenvalue weighted by molar-refractivity contribution is 0.327. The summed E-state index contributed by atoms with van der Waals surface area (Å²) in [6.45, 7) is 6.01. The van der Waals surface area contributed by atoms with Gasteiger partial charge in [-0.15, -0.1) is 0 Å². The molecule has 0 aromatic heterocycles. The fourth-order valence-corrected chi connectivity index (χ4v) is 3.99. The van der Waals surface area contributed by atoms with Crippen LogP contribution in [0.5, 0.6) is 0 Å². The first kappa shape index (κ1) is 14.9. The minimum atomic E-state index is 0.686. The normalized spacial score (nSPS) is 26.9. The quantitative estimate of drug-likeness (QED) is 0.846. The molecule has 2 nitrogen and oxygen atoms in total. The molecule has 1 saturated carbocycles. The van der Waals surface area contributed by atoms with Gasteiger partial charge in [0.2, 0.25) is 0 Å². The average Bonchev–Trinajstić information content (AvgIpc) is 3.01. The zero-order valence-corrected chi connectivity index (χ0v) is 13.5. The smallest absolute Gasteiger partial charge is 0.0345 e. The van der Waals surface area contributed by atoms with E-state index in [0.29, 0.717) is 6.04 Å². The maximum atomic E-state index is 3.79. The molecule has 1 N–H and O–H groups in total. The molecule has 1 saturated heterocycles. The third-order valence-electron chi connectivity index (χ3n) is 5.26. The average molecular weight is 286 g/mol. The van der Waals surface area contributed by atoms with E-state index in [4.69, 9.17) is 0 Å². The number of benzene rings is 1. The maximum absolute atomic E-state index is 3.79. The van der Waals surface area contributed by atoms with Crippen LogP contribution in [0.1, 0.15) is 57.4 Å². The summed E-state index contributed by atoms with van der Waals surface area (Å²) in [5.74, 6) is 0.934. The zero-order chi connectivity index (χ0) is 14.5. The minimum absolute atomic E-state index is 0.686. The summed E-state index contributed by atoms with van der Waals surface area (Å²) in [4.78, 5) is 2.58. The molecular formula is C19H30N2. The van der Waals surface area contributed by atoms with Gasteiger partial charge in [0.05, 0.1) is 0 Å². The highest BCUT2D eigenvalue weighted by Crippen LogP contribution is 2.29. The maximum Gasteiger partial charge on any atom is 0.0345 e. The van der Waals surface area contributed by atoms with Crippen LogP contribution < -0.4 is 5.32 Å². The third kappa shape index (κ3) is 4.23. The van der Waals surface area contributed by atoms with E-state index in [0.717, 1.165) is 12.5 Å². The number of nitrogens with zero attached hydrogens (tertiary/aromatic N) is 1. The van der Waals surface area contributed by atoms with Gasteiger partial charge in [-0.3, -0.25) is 4.90 Å². The molecule has 0 amide bonds. The first-order chi connectivity index (χ1) is 10.3. The van der Waals surface area contributed by atoms with E-state index in [1.807, 2.05) is 0 Å². The summed E-state index contributed by atoms with van der Waals surface area (Å²) in [5.41, 5.74) is 2.79. The van der Waals surface area contributed by atoms with Gasteiger partial charge < -0.3 is 5.32 Å². The van der Waals surface area contributed by atoms with Crippen molar-refractivity contribution in [1.82, 2.24) is 4.90 Å². The van der Waals surface area contributed by atoms with E-state index in [1.54, 1.807) is 0 Å². The third-order valence-corrected chi connectivity index (χ3v) is 5.26. The van der Waals surface area contributed by atoms with Gasteiger partial charge in [0, 0.05) is 18.3 Å². The molecule has 0 bridgehead atoms. The van der Waals surface area contributed by atoms with Crippen molar-refractivity contribution in [2.45, 2.75) is 64.5 Å². The first-order valence-corrected chi connectivity index (χ1v) is 8.91. The summed E-state index contributed by atoms with van der Waals surface area (Å²) < 4.78 is 0. The second-order valence-electron chi connectivity index (χ2n) is 6.97. The molecule has 2 heteroatoms. The van der Waals surface area contributed by atoms with Gasteiger partial charge in [0.25, 0.3) is 0 Å². The molecule has 3 rings (SSSR count). The Morgan fingerprint density at radius 1 is 1.14 bits per heavy atom. The van der Waals surface area contributed by atoms with Gasteiger partial charge in [-0.25, -0.2) is 0 Å². The minimum Gasteiger partial charge on any atom is -0.382 e. The predicted octanol–water partition coefficient (Wildman–Crippen LogP) is 4.66. The number of anilines is 1. The Labute approximate surface area is 129 Å². The van der Waals surface area contributed by atoms with Crippen LogP contribution in [-0.4, -0.2) is 24.0 Å². The lowest BCUT2D eigenvalue weighted by atomic mass is 9.84. The molecule has 1 aromatic rings. The van der Waals surface area contributed by atoms with Crippen LogP contribution in [0.2, 0.25) is 0 Å². The molecule has 0 spiro atoms. The summed E-state index contributed by atoms with van der Waals surface area (Å²) in [5, 5.41) is 3.79. The standard InChI is InChI=1S/C19H30N2/c1-2-16-7-5-9-18(13-16)20-19-10-6-8-17(14-19)15-21-11-3-4-12-21/h6,8,10,14,16,18,20H,2-5,7,9,11-13,15H2,1H3. The predicted molar refractivity (Wildman–Crippen MR) is 90.6 cm³/mol. The Morgan fingerprint density at radius 3 is 2.81 bits per heavy atom. The number of likely N-dealkylation sites (tertiary alicyclic amines) is 1. The molecule has 1 aliphatic heterocycles. The van der Waals surface area contributed by atoms with Gasteiger partial charge in [0.1, 0.15) is 0 Å². The van der Waals surface area contributed by atoms with E-state index < -0.39 is 0 Å². The van der Waals surface area contributed by atoms with Crippen molar-refractivity contribution in [2.24, 2.45) is 5.92 Å². The molecule has 1 aliphatic carbocycles. The van der Waals surface area contributed by atoms with Gasteiger partial charge in [0.15, 0.2) is 0 Å². The lowest BCUT2D eigenvalue weighted by Crippen LogP contribution is -2.27. The number of rotatable bonds is 5. The molecular weight excluding hydrogens is 256 g/mol. The van der Waals surface area contributed by atoms with Crippen LogP contribution in [0.15, 0.2) is 24.3 Å². The molecule has 0 radical (unpaired) electrons. The SMILES string of the molecule is CCC1CCCC(Nc2cccc(CN3CCCC3)c2)C1. The van der Waals surface area contributed by atoms with Gasteiger partial charge in [-0.2, -0.15) is 0 Å². The van der Waals surface area contributed by atoms with E-state index in [-0.39, 0.29) is 0 Å². The Balaban J connectivity index is 1.57. The molecule has 1 aromatic carbocycles. The van der Waals surface area contributed by atoms with Crippen LogP contribution in [-0.2, 0) is 6.54 Å². The highest BCUT2D eigenvalue weighted by molar-refractivity contribution is 5.46. The van der Waals surface area contributed by atoms with Gasteiger partial charge in [-0.1, -0.05) is 38.3 Å². The summed E-state index contributed by atoms with van der Waals surface area (Å²) in [6, 6.07) is 9.79. The number of nitrogens with one attached hydrogen (secondary N) is 1. The van der Waals surface area contributed by atoms with Crippen molar-refractivity contribution in [1.29, 1.82) is 0 Å². The second kappa shape index (κ2) is 7.31. The van der Waals surface area contributed by atoms with E-state index in [2.05, 4.69) is 41.4 Å². The topological polar surface area (TPSA) is 15.3 Å². The van der Waals surface area contributed by atoms with Crippen molar-refractivity contribution in [3.05, 3.63) is 29.8 Å². The molecule has 21 heavy (non-hydrogen) atoms. The monoisotopic (exact) mass is 286 g/mol. The second-order valence-corrected chi connectivity index (χ2v) is 6.97. The molecule has 116 valence electrons. The van der Waals surface area contributed by atoms with Gasteiger partial charge in [-0.05, 0) is 62.4 Å². The van der Waals surface area contributed by atoms with Crippen molar-refractivity contribution in [3.63, 3.8) is 0 Å². The zero-order valence-electron chi connectivity index (χ0n) is 13.5. The Morgan fingerprint density at radius 2 is 2.00 bits per heavy atom. The van der Waals surface area contributed by atoms with Crippen LogP contribution >= 0.6 is 0 Å². The van der Waals surface area contributed by atoms with E-state index in [1.165, 1.54) is 69.3 Å².